The fraction of sp³-hybridized carbons (Fsp3) is 0.235. The van der Waals surface area contributed by atoms with Crippen LogP contribution in [0.1, 0.15) is 12.0 Å². The van der Waals surface area contributed by atoms with E-state index in [2.05, 4.69) is 5.32 Å². The molecule has 0 radical (unpaired) electrons. The maximum atomic E-state index is 12.5. The number of nitrogens with one attached hydrogen (secondary N) is 1. The van der Waals surface area contributed by atoms with Crippen molar-refractivity contribution in [3.8, 4) is 0 Å². The smallest absolute Gasteiger partial charge is 0.249 e. The summed E-state index contributed by atoms with van der Waals surface area (Å²) in [5.41, 5.74) is 2.35. The van der Waals surface area contributed by atoms with Crippen LogP contribution < -0.4 is 10.2 Å². The fourth-order valence-corrected chi connectivity index (χ4v) is 2.82. The van der Waals surface area contributed by atoms with Crippen LogP contribution in [-0.2, 0) is 11.4 Å². The summed E-state index contributed by atoms with van der Waals surface area (Å²) in [6.45, 7) is 0.623. The van der Waals surface area contributed by atoms with Gasteiger partial charge in [0.1, 0.15) is 6.04 Å². The van der Waals surface area contributed by atoms with Gasteiger partial charge in [0.15, 0.2) is 0 Å². The van der Waals surface area contributed by atoms with E-state index in [0.29, 0.717) is 23.7 Å². The summed E-state index contributed by atoms with van der Waals surface area (Å²) in [7, 11) is 0. The summed E-state index contributed by atoms with van der Waals surface area (Å²) >= 11 is 6.16. The molecule has 2 N–H and O–H groups in total. The maximum absolute atomic E-state index is 12.5. The lowest BCUT2D eigenvalue weighted by Gasteiger charge is -2.18. The molecule has 1 heterocycles. The van der Waals surface area contributed by atoms with Gasteiger partial charge in [-0.05, 0) is 36.2 Å². The van der Waals surface area contributed by atoms with E-state index in [4.69, 9.17) is 11.6 Å². The van der Waals surface area contributed by atoms with Crippen LogP contribution in [-0.4, -0.2) is 23.6 Å². The predicted octanol–water partition coefficient (Wildman–Crippen LogP) is 3.05. The van der Waals surface area contributed by atoms with Gasteiger partial charge in [-0.1, -0.05) is 35.9 Å². The Bertz CT molecular complexity index is 676. The van der Waals surface area contributed by atoms with Crippen molar-refractivity contribution in [2.75, 3.05) is 16.8 Å². The van der Waals surface area contributed by atoms with E-state index in [1.165, 1.54) is 0 Å². The summed E-state index contributed by atoms with van der Waals surface area (Å²) in [5, 5.41) is 13.0. The normalized spacial score (nSPS) is 17.8. The molecular weight excluding hydrogens is 300 g/mol. The molecule has 2 aromatic rings. The Kier molecular flexibility index (Phi) is 4.32. The molecule has 5 heteroatoms. The number of carbonyl (C=O) groups excluding carboxylic acids is 1. The van der Waals surface area contributed by atoms with Crippen LogP contribution in [0.15, 0.2) is 48.5 Å². The van der Waals surface area contributed by atoms with Gasteiger partial charge in [-0.3, -0.25) is 4.79 Å². The predicted molar refractivity (Wildman–Crippen MR) is 88.2 cm³/mol. The van der Waals surface area contributed by atoms with Crippen molar-refractivity contribution in [3.05, 3.63) is 59.1 Å². The summed E-state index contributed by atoms with van der Waals surface area (Å²) in [5.74, 6) is 0.0386. The summed E-state index contributed by atoms with van der Waals surface area (Å²) in [6.07, 6.45) is 0.716. The number of aliphatic hydroxyl groups is 1. The monoisotopic (exact) mass is 316 g/mol. The number of aliphatic hydroxyl groups excluding tert-OH is 1. The van der Waals surface area contributed by atoms with Crippen molar-refractivity contribution in [3.63, 3.8) is 0 Å². The van der Waals surface area contributed by atoms with E-state index in [-0.39, 0.29) is 18.6 Å². The molecule has 0 bridgehead atoms. The van der Waals surface area contributed by atoms with Gasteiger partial charge in [0.05, 0.1) is 17.3 Å². The number of halogens is 1. The van der Waals surface area contributed by atoms with Crippen molar-refractivity contribution in [2.45, 2.75) is 19.1 Å². The number of benzene rings is 2. The lowest BCUT2D eigenvalue weighted by Crippen LogP contribution is -2.33. The molecule has 22 heavy (non-hydrogen) atoms. The molecule has 1 saturated heterocycles. The van der Waals surface area contributed by atoms with Crippen LogP contribution in [0.25, 0.3) is 0 Å². The molecule has 0 aromatic heterocycles. The highest BCUT2D eigenvalue weighted by Crippen LogP contribution is 2.28. The molecule has 2 aromatic carbocycles. The average Bonchev–Trinajstić information content (AvgIpc) is 2.91. The Morgan fingerprint density at radius 1 is 1.23 bits per heavy atom. The average molecular weight is 317 g/mol. The number of anilines is 2. The second kappa shape index (κ2) is 6.38. The van der Waals surface area contributed by atoms with Gasteiger partial charge in [0.2, 0.25) is 5.91 Å². The summed E-state index contributed by atoms with van der Waals surface area (Å²) in [4.78, 5) is 14.3. The highest BCUT2D eigenvalue weighted by molar-refractivity contribution is 6.33. The molecule has 1 atom stereocenters. The van der Waals surface area contributed by atoms with Crippen molar-refractivity contribution in [1.82, 2.24) is 0 Å². The van der Waals surface area contributed by atoms with Gasteiger partial charge >= 0.3 is 0 Å². The molecule has 1 aliphatic heterocycles. The van der Waals surface area contributed by atoms with Gasteiger partial charge in [-0.25, -0.2) is 0 Å². The van der Waals surface area contributed by atoms with Crippen LogP contribution in [0, 0.1) is 0 Å². The number of amides is 1. The molecule has 4 nitrogen and oxygen atoms in total. The molecule has 3 rings (SSSR count). The van der Waals surface area contributed by atoms with E-state index in [0.717, 1.165) is 11.3 Å². The second-order valence-electron chi connectivity index (χ2n) is 5.28. The molecule has 0 spiro atoms. The molecular formula is C17H17ClN2O2. The summed E-state index contributed by atoms with van der Waals surface area (Å²) < 4.78 is 0. The first-order valence-corrected chi connectivity index (χ1v) is 7.59. The highest BCUT2D eigenvalue weighted by Gasteiger charge is 2.32. The second-order valence-corrected chi connectivity index (χ2v) is 5.69. The Balaban J connectivity index is 1.76. The molecule has 1 fully saturated rings. The van der Waals surface area contributed by atoms with E-state index in [1.807, 2.05) is 30.3 Å². The first-order chi connectivity index (χ1) is 10.7. The first kappa shape index (κ1) is 14.9. The number of hydrogen-bond acceptors (Lipinski definition) is 3. The van der Waals surface area contributed by atoms with Gasteiger partial charge in [0.25, 0.3) is 0 Å². The van der Waals surface area contributed by atoms with E-state index < -0.39 is 0 Å². The van der Waals surface area contributed by atoms with Crippen molar-refractivity contribution in [2.24, 2.45) is 0 Å². The first-order valence-electron chi connectivity index (χ1n) is 7.21. The Morgan fingerprint density at radius 2 is 2.00 bits per heavy atom. The van der Waals surface area contributed by atoms with Gasteiger partial charge in [-0.15, -0.1) is 0 Å². The Morgan fingerprint density at radius 3 is 2.73 bits per heavy atom. The van der Waals surface area contributed by atoms with Gasteiger partial charge < -0.3 is 15.3 Å². The molecule has 1 unspecified atom stereocenters. The minimum absolute atomic E-state index is 0.0386. The van der Waals surface area contributed by atoms with E-state index in [9.17, 15) is 9.90 Å². The molecule has 0 saturated carbocycles. The zero-order valence-corrected chi connectivity index (χ0v) is 12.8. The zero-order valence-electron chi connectivity index (χ0n) is 12.0. The lowest BCUT2D eigenvalue weighted by molar-refractivity contribution is -0.117. The van der Waals surface area contributed by atoms with Crippen molar-refractivity contribution < 1.29 is 9.90 Å². The summed E-state index contributed by atoms with van der Waals surface area (Å²) in [6, 6.07) is 14.6. The largest absolute Gasteiger partial charge is 0.392 e. The fourth-order valence-electron chi connectivity index (χ4n) is 2.65. The third-order valence-electron chi connectivity index (χ3n) is 3.82. The number of para-hydroxylation sites is 1. The molecule has 114 valence electrons. The minimum atomic E-state index is -0.299. The maximum Gasteiger partial charge on any atom is 0.249 e. The van der Waals surface area contributed by atoms with Crippen molar-refractivity contribution >= 4 is 28.9 Å². The Hall–Kier alpha value is -2.04. The Labute approximate surface area is 134 Å². The highest BCUT2D eigenvalue weighted by atomic mass is 35.5. The van der Waals surface area contributed by atoms with Crippen LogP contribution >= 0.6 is 11.6 Å². The van der Waals surface area contributed by atoms with Crippen LogP contribution in [0.4, 0.5) is 11.4 Å². The minimum Gasteiger partial charge on any atom is -0.392 e. The van der Waals surface area contributed by atoms with Crippen LogP contribution in [0.5, 0.6) is 0 Å². The van der Waals surface area contributed by atoms with Gasteiger partial charge in [0, 0.05) is 12.2 Å². The van der Waals surface area contributed by atoms with Crippen LogP contribution in [0.3, 0.4) is 0 Å². The lowest BCUT2D eigenvalue weighted by atomic mass is 10.2. The molecule has 1 aliphatic rings. The molecule has 0 aliphatic carbocycles. The van der Waals surface area contributed by atoms with E-state index >= 15 is 0 Å². The third kappa shape index (κ3) is 2.93. The quantitative estimate of drug-likeness (QED) is 0.911. The number of carbonyl (C=O) groups is 1. The standard InChI is InChI=1S/C17H17ClN2O2/c18-14-7-6-12(11-21)10-16(14)19-15-8-9-20(17(15)22)13-4-2-1-3-5-13/h1-7,10,15,19,21H,8-9,11H2. The topological polar surface area (TPSA) is 52.6 Å². The third-order valence-corrected chi connectivity index (χ3v) is 4.15. The number of nitrogens with zero attached hydrogens (tertiary/aromatic N) is 1. The zero-order chi connectivity index (χ0) is 15.5. The SMILES string of the molecule is O=C1C(Nc2cc(CO)ccc2Cl)CCN1c1ccccc1. The van der Waals surface area contributed by atoms with E-state index in [1.54, 1.807) is 23.1 Å². The number of rotatable bonds is 4. The van der Waals surface area contributed by atoms with Crippen molar-refractivity contribution in [1.29, 1.82) is 0 Å². The van der Waals surface area contributed by atoms with Gasteiger partial charge in [-0.2, -0.15) is 0 Å². The number of hydrogen-bond donors (Lipinski definition) is 2. The molecule has 1 amide bonds. The van der Waals surface area contributed by atoms with Crippen LogP contribution in [0.2, 0.25) is 5.02 Å².